The standard InChI is InChI=1S/C11H13F12NOSi/c1-24(6(25)8(14,15)16)26(2,3)5-4-7(12,13)9(17,18)10(19,20)11(21,22)23/h4-5H2,1-3H3. The van der Waals surface area contributed by atoms with Crippen LogP contribution < -0.4 is 0 Å². The van der Waals surface area contributed by atoms with Gasteiger partial charge in [0.25, 0.3) is 0 Å². The highest BCUT2D eigenvalue weighted by Crippen LogP contribution is 2.54. The van der Waals surface area contributed by atoms with E-state index in [1.165, 1.54) is 0 Å². The van der Waals surface area contributed by atoms with Crippen molar-refractivity contribution in [3.63, 3.8) is 0 Å². The number of carbonyl (C=O) groups excluding carboxylic acids is 1. The van der Waals surface area contributed by atoms with Crippen LogP contribution in [0.3, 0.4) is 0 Å². The number of halogens is 12. The molecular weight excluding hydrogens is 418 g/mol. The quantitative estimate of drug-likeness (QED) is 0.425. The Kier molecular flexibility index (Phi) is 6.48. The van der Waals surface area contributed by atoms with E-state index in [2.05, 4.69) is 0 Å². The van der Waals surface area contributed by atoms with E-state index in [4.69, 9.17) is 0 Å². The van der Waals surface area contributed by atoms with Crippen LogP contribution in [-0.4, -0.2) is 55.9 Å². The third-order valence-corrected chi connectivity index (χ3v) is 7.21. The molecule has 0 rings (SSSR count). The van der Waals surface area contributed by atoms with E-state index < -0.39 is 56.7 Å². The minimum absolute atomic E-state index is 0.0108. The van der Waals surface area contributed by atoms with Gasteiger partial charge >= 0.3 is 36.0 Å². The second-order valence-corrected chi connectivity index (χ2v) is 10.8. The molecule has 0 N–H and O–H groups in total. The topological polar surface area (TPSA) is 20.3 Å². The van der Waals surface area contributed by atoms with Gasteiger partial charge in [0.1, 0.15) is 0 Å². The van der Waals surface area contributed by atoms with Crippen molar-refractivity contribution in [3.8, 4) is 0 Å². The van der Waals surface area contributed by atoms with E-state index in [1.807, 2.05) is 0 Å². The van der Waals surface area contributed by atoms with Gasteiger partial charge in [0.2, 0.25) is 0 Å². The second kappa shape index (κ2) is 6.78. The predicted molar refractivity (Wildman–Crippen MR) is 66.6 cm³/mol. The number of carbonyl (C=O) groups is 1. The van der Waals surface area contributed by atoms with Crippen LogP contribution in [0.25, 0.3) is 0 Å². The first-order chi connectivity index (χ1) is 11.0. The molecule has 0 spiro atoms. The first kappa shape index (κ1) is 24.8. The lowest BCUT2D eigenvalue weighted by Crippen LogP contribution is -2.61. The highest BCUT2D eigenvalue weighted by Gasteiger charge is 2.81. The summed E-state index contributed by atoms with van der Waals surface area (Å²) in [7, 11) is -3.30. The lowest BCUT2D eigenvalue weighted by Gasteiger charge is -2.37. The molecule has 0 aromatic heterocycles. The smallest absolute Gasteiger partial charge is 0.365 e. The molecule has 156 valence electrons. The van der Waals surface area contributed by atoms with Crippen molar-refractivity contribution in [3.05, 3.63) is 0 Å². The number of hydrogen-bond acceptors (Lipinski definition) is 1. The number of alkyl halides is 12. The van der Waals surface area contributed by atoms with E-state index in [9.17, 15) is 57.5 Å². The Morgan fingerprint density at radius 3 is 1.50 bits per heavy atom. The van der Waals surface area contributed by atoms with Crippen LogP contribution in [0, 0.1) is 0 Å². The fourth-order valence-corrected chi connectivity index (χ4v) is 3.60. The van der Waals surface area contributed by atoms with Gasteiger partial charge in [0.15, 0.2) is 8.24 Å². The molecule has 0 aliphatic carbocycles. The summed E-state index contributed by atoms with van der Waals surface area (Å²) in [6.07, 6.45) is -14.7. The number of amides is 1. The molecule has 0 aromatic rings. The summed E-state index contributed by atoms with van der Waals surface area (Å²) in [5.41, 5.74) is 0. The Balaban J connectivity index is 5.49. The van der Waals surface area contributed by atoms with E-state index in [-0.39, 0.29) is 4.57 Å². The summed E-state index contributed by atoms with van der Waals surface area (Å²) < 4.78 is 151. The zero-order chi connectivity index (χ0) is 21.6. The van der Waals surface area contributed by atoms with Crippen molar-refractivity contribution in [2.24, 2.45) is 0 Å². The van der Waals surface area contributed by atoms with Crippen LogP contribution in [0.15, 0.2) is 0 Å². The molecule has 0 bridgehead atoms. The first-order valence-electron chi connectivity index (χ1n) is 6.57. The molecule has 0 aliphatic heterocycles. The van der Waals surface area contributed by atoms with E-state index in [1.54, 1.807) is 0 Å². The minimum Gasteiger partial charge on any atom is -0.365 e. The summed E-state index contributed by atoms with van der Waals surface area (Å²) in [4.78, 5) is 11.1. The van der Waals surface area contributed by atoms with Crippen LogP contribution >= 0.6 is 0 Å². The molecule has 0 fully saturated rings. The summed E-state index contributed by atoms with van der Waals surface area (Å²) in [6.45, 7) is 1.71. The molecule has 0 saturated heterocycles. The van der Waals surface area contributed by atoms with Crippen LogP contribution in [0.5, 0.6) is 0 Å². The lowest BCUT2D eigenvalue weighted by atomic mass is 10.0. The van der Waals surface area contributed by atoms with Gasteiger partial charge in [-0.3, -0.25) is 4.79 Å². The maximum absolute atomic E-state index is 13.4. The van der Waals surface area contributed by atoms with Gasteiger partial charge in [0, 0.05) is 13.5 Å². The first-order valence-corrected chi connectivity index (χ1v) is 9.73. The molecule has 0 unspecified atom stereocenters. The summed E-state index contributed by atoms with van der Waals surface area (Å²) in [6, 6.07) is -1.29. The average Bonchev–Trinajstić information content (AvgIpc) is 2.41. The van der Waals surface area contributed by atoms with Crippen molar-refractivity contribution in [2.45, 2.75) is 55.7 Å². The fourth-order valence-electron chi connectivity index (χ4n) is 1.66. The normalized spacial score (nSPS) is 15.2. The highest BCUT2D eigenvalue weighted by molar-refractivity contribution is 6.76. The Labute approximate surface area is 140 Å². The summed E-state index contributed by atoms with van der Waals surface area (Å²) >= 11 is 0. The van der Waals surface area contributed by atoms with Crippen LogP contribution in [0.2, 0.25) is 19.1 Å². The second-order valence-electron chi connectivity index (χ2n) is 6.03. The fraction of sp³-hybridized carbons (Fsp3) is 0.909. The zero-order valence-corrected chi connectivity index (χ0v) is 14.3. The van der Waals surface area contributed by atoms with Gasteiger partial charge in [0.05, 0.1) is 0 Å². The number of rotatable bonds is 6. The zero-order valence-electron chi connectivity index (χ0n) is 13.3. The van der Waals surface area contributed by atoms with Gasteiger partial charge in [-0.2, -0.15) is 52.7 Å². The molecule has 0 aromatic carbocycles. The molecule has 0 aliphatic rings. The van der Waals surface area contributed by atoms with E-state index >= 15 is 0 Å². The summed E-state index contributed by atoms with van der Waals surface area (Å²) in [5.74, 6) is -22.3. The monoisotopic (exact) mass is 431 g/mol. The summed E-state index contributed by atoms with van der Waals surface area (Å²) in [5, 5.41) is 0. The Hall–Kier alpha value is -1.15. The van der Waals surface area contributed by atoms with Crippen molar-refractivity contribution < 1.29 is 57.5 Å². The van der Waals surface area contributed by atoms with Crippen molar-refractivity contribution in [1.29, 1.82) is 0 Å². The minimum atomic E-state index is -7.07. The maximum atomic E-state index is 13.4. The molecule has 0 radical (unpaired) electrons. The molecule has 0 saturated carbocycles. The number of nitrogens with zero attached hydrogens (tertiary/aromatic N) is 1. The van der Waals surface area contributed by atoms with Crippen molar-refractivity contribution in [2.75, 3.05) is 7.05 Å². The van der Waals surface area contributed by atoms with E-state index in [0.29, 0.717) is 7.05 Å². The van der Waals surface area contributed by atoms with E-state index in [0.717, 1.165) is 13.1 Å². The molecular formula is C11H13F12NOSi. The van der Waals surface area contributed by atoms with Crippen molar-refractivity contribution in [1.82, 2.24) is 4.57 Å². The molecule has 26 heavy (non-hydrogen) atoms. The largest absolute Gasteiger partial charge is 0.470 e. The lowest BCUT2D eigenvalue weighted by molar-refractivity contribution is -0.396. The van der Waals surface area contributed by atoms with Gasteiger partial charge in [-0.1, -0.05) is 13.1 Å². The molecule has 1 amide bonds. The third-order valence-electron chi connectivity index (χ3n) is 3.72. The highest BCUT2D eigenvalue weighted by atomic mass is 28.3. The maximum Gasteiger partial charge on any atom is 0.470 e. The SMILES string of the molecule is CN(C(=O)C(F)(F)F)[Si](C)(C)CCC(F)(F)C(F)(F)C(F)(F)C(F)(F)F. The van der Waals surface area contributed by atoms with Gasteiger partial charge in [-0.25, -0.2) is 0 Å². The third kappa shape index (κ3) is 4.57. The molecule has 0 atom stereocenters. The Morgan fingerprint density at radius 2 is 1.19 bits per heavy atom. The predicted octanol–water partition coefficient (Wildman–Crippen LogP) is 5.07. The van der Waals surface area contributed by atoms with Gasteiger partial charge in [-0.15, -0.1) is 0 Å². The van der Waals surface area contributed by atoms with Crippen molar-refractivity contribution >= 4 is 14.1 Å². The molecule has 15 heteroatoms. The average molecular weight is 431 g/mol. The molecule has 0 heterocycles. The Morgan fingerprint density at radius 1 is 0.808 bits per heavy atom. The van der Waals surface area contributed by atoms with Gasteiger partial charge < -0.3 is 4.57 Å². The molecule has 2 nitrogen and oxygen atoms in total. The van der Waals surface area contributed by atoms with Crippen LogP contribution in [0.1, 0.15) is 6.42 Å². The number of hydrogen-bond donors (Lipinski definition) is 0. The van der Waals surface area contributed by atoms with Gasteiger partial charge in [-0.05, 0) is 6.04 Å². The van der Waals surface area contributed by atoms with Crippen LogP contribution in [-0.2, 0) is 4.79 Å². The van der Waals surface area contributed by atoms with Crippen LogP contribution in [0.4, 0.5) is 52.7 Å². The Bertz CT molecular complexity index is 524.